The fourth-order valence-electron chi connectivity index (χ4n) is 1.17. The molecular formula is C10H9N3. The van der Waals surface area contributed by atoms with Crippen LogP contribution in [-0.2, 0) is 0 Å². The van der Waals surface area contributed by atoms with Crippen LogP contribution in [0.4, 0.5) is 0 Å². The van der Waals surface area contributed by atoms with Crippen molar-refractivity contribution >= 4 is 0 Å². The zero-order chi connectivity index (χ0) is 10.0. The van der Waals surface area contributed by atoms with Gasteiger partial charge in [-0.15, -0.1) is 0 Å². The third-order valence-corrected chi connectivity index (χ3v) is 2.15. The first-order valence-corrected chi connectivity index (χ1v) is 3.79. The number of rotatable bonds is 0. The zero-order valence-electron chi connectivity index (χ0n) is 7.33. The topological polar surface area (TPSA) is 73.6 Å². The molecule has 3 nitrogen and oxygen atoms in total. The van der Waals surface area contributed by atoms with Crippen LogP contribution in [0.5, 0.6) is 0 Å². The second kappa shape index (κ2) is 3.26. The SMILES string of the molecule is C=C1C(C)=C(C#N)C=C(C#N)[C@@H]1N. The molecule has 1 atom stereocenters. The molecule has 0 saturated heterocycles. The first kappa shape index (κ1) is 9.25. The van der Waals surface area contributed by atoms with Crippen LogP contribution in [0.25, 0.3) is 0 Å². The molecule has 0 heterocycles. The van der Waals surface area contributed by atoms with Crippen LogP contribution in [0.2, 0.25) is 0 Å². The molecule has 0 unspecified atom stereocenters. The average molecular weight is 171 g/mol. The smallest absolute Gasteiger partial charge is 0.0994 e. The fourth-order valence-corrected chi connectivity index (χ4v) is 1.17. The normalized spacial score (nSPS) is 22.0. The van der Waals surface area contributed by atoms with Gasteiger partial charge in [-0.25, -0.2) is 0 Å². The van der Waals surface area contributed by atoms with E-state index in [0.29, 0.717) is 16.7 Å². The standard InChI is InChI=1S/C10H9N3/c1-6-7(2)10(13)9(5-12)3-8(6)4-11/h3,10H,2,13H2,1H3/t10-/m1/s1. The van der Waals surface area contributed by atoms with Crippen molar-refractivity contribution in [1.82, 2.24) is 0 Å². The van der Waals surface area contributed by atoms with Crippen molar-refractivity contribution in [1.29, 1.82) is 10.5 Å². The molecule has 0 amide bonds. The highest BCUT2D eigenvalue weighted by Gasteiger charge is 2.21. The lowest BCUT2D eigenvalue weighted by Gasteiger charge is -2.19. The largest absolute Gasteiger partial charge is 0.320 e. The Morgan fingerprint density at radius 1 is 1.46 bits per heavy atom. The summed E-state index contributed by atoms with van der Waals surface area (Å²) in [5.41, 5.74) is 8.00. The highest BCUT2D eigenvalue weighted by Crippen LogP contribution is 2.25. The maximum absolute atomic E-state index is 8.73. The van der Waals surface area contributed by atoms with Crippen LogP contribution in [0.1, 0.15) is 6.92 Å². The van der Waals surface area contributed by atoms with E-state index in [9.17, 15) is 0 Å². The van der Waals surface area contributed by atoms with Gasteiger partial charge in [-0.3, -0.25) is 0 Å². The maximum Gasteiger partial charge on any atom is 0.0994 e. The predicted molar refractivity (Wildman–Crippen MR) is 49.1 cm³/mol. The molecule has 1 rings (SSSR count). The third kappa shape index (κ3) is 1.38. The molecule has 1 aliphatic carbocycles. The number of nitrogens with zero attached hydrogens (tertiary/aromatic N) is 2. The molecule has 0 aromatic rings. The quantitative estimate of drug-likeness (QED) is 0.594. The van der Waals surface area contributed by atoms with Crippen molar-refractivity contribution in [3.05, 3.63) is 34.9 Å². The monoisotopic (exact) mass is 171 g/mol. The summed E-state index contributed by atoms with van der Waals surface area (Å²) in [7, 11) is 0. The molecule has 0 aliphatic heterocycles. The predicted octanol–water partition coefficient (Wildman–Crippen LogP) is 1.17. The molecule has 0 spiro atoms. The van der Waals surface area contributed by atoms with Crippen molar-refractivity contribution in [2.24, 2.45) is 5.73 Å². The number of hydrogen-bond donors (Lipinski definition) is 1. The van der Waals surface area contributed by atoms with E-state index in [1.54, 1.807) is 6.92 Å². The lowest BCUT2D eigenvalue weighted by Crippen LogP contribution is -2.27. The number of allylic oxidation sites excluding steroid dienone is 2. The Labute approximate surface area is 77.1 Å². The summed E-state index contributed by atoms with van der Waals surface area (Å²) in [5, 5.41) is 17.4. The van der Waals surface area contributed by atoms with Crippen LogP contribution >= 0.6 is 0 Å². The van der Waals surface area contributed by atoms with Crippen molar-refractivity contribution in [3.63, 3.8) is 0 Å². The molecule has 2 N–H and O–H groups in total. The van der Waals surface area contributed by atoms with Gasteiger partial charge in [-0.2, -0.15) is 10.5 Å². The van der Waals surface area contributed by atoms with Crippen LogP contribution in [0, 0.1) is 22.7 Å². The molecule has 0 radical (unpaired) electrons. The van der Waals surface area contributed by atoms with Gasteiger partial charge in [0.05, 0.1) is 29.3 Å². The lowest BCUT2D eigenvalue weighted by atomic mass is 9.87. The molecule has 0 aromatic carbocycles. The Balaban J connectivity index is 3.29. The molecular weight excluding hydrogens is 162 g/mol. The second-order valence-corrected chi connectivity index (χ2v) is 2.86. The van der Waals surface area contributed by atoms with E-state index in [-0.39, 0.29) is 0 Å². The first-order valence-electron chi connectivity index (χ1n) is 3.79. The Kier molecular flexibility index (Phi) is 2.32. The van der Waals surface area contributed by atoms with E-state index in [2.05, 4.69) is 6.58 Å². The molecule has 64 valence electrons. The molecule has 0 aromatic heterocycles. The van der Waals surface area contributed by atoms with Crippen molar-refractivity contribution in [2.75, 3.05) is 0 Å². The van der Waals surface area contributed by atoms with Crippen LogP contribution < -0.4 is 5.73 Å². The third-order valence-electron chi connectivity index (χ3n) is 2.15. The van der Waals surface area contributed by atoms with Gasteiger partial charge >= 0.3 is 0 Å². The minimum absolute atomic E-state index is 0.396. The van der Waals surface area contributed by atoms with Crippen molar-refractivity contribution in [2.45, 2.75) is 13.0 Å². The summed E-state index contributed by atoms with van der Waals surface area (Å²) >= 11 is 0. The molecule has 13 heavy (non-hydrogen) atoms. The Bertz CT molecular complexity index is 399. The fraction of sp³-hybridized carbons (Fsp3) is 0.200. The Hall–Kier alpha value is -1.84. The van der Waals surface area contributed by atoms with Crippen LogP contribution in [-0.4, -0.2) is 6.04 Å². The van der Waals surface area contributed by atoms with E-state index >= 15 is 0 Å². The molecule has 0 saturated carbocycles. The number of nitrogens with two attached hydrogens (primary N) is 1. The minimum atomic E-state index is -0.456. The summed E-state index contributed by atoms with van der Waals surface area (Å²) in [6, 6.07) is 3.51. The molecule has 0 bridgehead atoms. The van der Waals surface area contributed by atoms with E-state index in [4.69, 9.17) is 16.3 Å². The Morgan fingerprint density at radius 3 is 2.54 bits per heavy atom. The van der Waals surface area contributed by atoms with Crippen molar-refractivity contribution in [3.8, 4) is 12.1 Å². The highest BCUT2D eigenvalue weighted by atomic mass is 14.6. The summed E-state index contributed by atoms with van der Waals surface area (Å²) in [5.74, 6) is 0. The van der Waals surface area contributed by atoms with Gasteiger partial charge in [-0.05, 0) is 24.1 Å². The Morgan fingerprint density at radius 2 is 2.08 bits per heavy atom. The van der Waals surface area contributed by atoms with Gasteiger partial charge in [0.1, 0.15) is 0 Å². The number of hydrogen-bond acceptors (Lipinski definition) is 3. The van der Waals surface area contributed by atoms with Gasteiger partial charge in [-0.1, -0.05) is 6.58 Å². The van der Waals surface area contributed by atoms with Crippen LogP contribution in [0.3, 0.4) is 0 Å². The van der Waals surface area contributed by atoms with E-state index < -0.39 is 6.04 Å². The first-order chi connectivity index (χ1) is 6.11. The second-order valence-electron chi connectivity index (χ2n) is 2.86. The number of nitriles is 2. The maximum atomic E-state index is 8.73. The highest BCUT2D eigenvalue weighted by molar-refractivity contribution is 5.58. The van der Waals surface area contributed by atoms with Gasteiger partial charge in [0.2, 0.25) is 0 Å². The molecule has 0 fully saturated rings. The summed E-state index contributed by atoms with van der Waals surface area (Å²) in [6.45, 7) is 5.53. The van der Waals surface area contributed by atoms with Crippen molar-refractivity contribution < 1.29 is 0 Å². The van der Waals surface area contributed by atoms with E-state index in [1.807, 2.05) is 12.1 Å². The van der Waals surface area contributed by atoms with Gasteiger partial charge < -0.3 is 5.73 Å². The average Bonchev–Trinajstić information content (AvgIpc) is 2.15. The van der Waals surface area contributed by atoms with Gasteiger partial charge in [0.25, 0.3) is 0 Å². The van der Waals surface area contributed by atoms with Crippen LogP contribution in [0.15, 0.2) is 34.9 Å². The van der Waals surface area contributed by atoms with E-state index in [0.717, 1.165) is 5.57 Å². The molecule has 3 heteroatoms. The summed E-state index contributed by atoms with van der Waals surface area (Å²) in [6.07, 6.45) is 1.52. The summed E-state index contributed by atoms with van der Waals surface area (Å²) < 4.78 is 0. The zero-order valence-corrected chi connectivity index (χ0v) is 7.33. The summed E-state index contributed by atoms with van der Waals surface area (Å²) in [4.78, 5) is 0. The molecule has 1 aliphatic rings. The minimum Gasteiger partial charge on any atom is -0.320 e. The lowest BCUT2D eigenvalue weighted by molar-refractivity contribution is 0.908. The van der Waals surface area contributed by atoms with E-state index in [1.165, 1.54) is 6.08 Å². The van der Waals surface area contributed by atoms with Gasteiger partial charge in [0, 0.05) is 0 Å². The van der Waals surface area contributed by atoms with Gasteiger partial charge in [0.15, 0.2) is 0 Å².